The third kappa shape index (κ3) is 4.02. The van der Waals surface area contributed by atoms with Crippen LogP contribution in [-0.4, -0.2) is 35.7 Å². The van der Waals surface area contributed by atoms with Gasteiger partial charge in [0.2, 0.25) is 5.89 Å². The molecule has 0 aliphatic carbocycles. The van der Waals surface area contributed by atoms with Crippen LogP contribution in [0.25, 0.3) is 28.1 Å². The van der Waals surface area contributed by atoms with Crippen molar-refractivity contribution in [2.45, 2.75) is 13.5 Å². The summed E-state index contributed by atoms with van der Waals surface area (Å²) in [5, 5.41) is 19.1. The normalized spacial score (nSPS) is 11.0. The molecule has 0 spiro atoms. The number of carbonyl (C=O) groups is 1. The first-order chi connectivity index (χ1) is 16.5. The van der Waals surface area contributed by atoms with Crippen LogP contribution < -0.4 is 16.4 Å². The zero-order chi connectivity index (χ0) is 23.7. The van der Waals surface area contributed by atoms with Crippen molar-refractivity contribution in [1.82, 2.24) is 24.6 Å². The first-order valence-corrected chi connectivity index (χ1v) is 10.3. The molecule has 0 atom stereocenters. The Morgan fingerprint density at radius 3 is 2.74 bits per heavy atom. The first kappa shape index (κ1) is 21.1. The molecule has 34 heavy (non-hydrogen) atoms. The molecule has 0 saturated carbocycles. The molecule has 2 amide bonds. The van der Waals surface area contributed by atoms with E-state index in [-0.39, 0.29) is 12.4 Å². The van der Waals surface area contributed by atoms with E-state index in [1.54, 1.807) is 35.1 Å². The minimum absolute atomic E-state index is 0.241. The maximum absolute atomic E-state index is 12.4. The molecule has 170 valence electrons. The van der Waals surface area contributed by atoms with Crippen LogP contribution in [0, 0.1) is 6.92 Å². The first-order valence-electron chi connectivity index (χ1n) is 10.3. The number of urea groups is 1. The lowest BCUT2D eigenvalue weighted by Crippen LogP contribution is -2.20. The fraction of sp³-hybridized carbons (Fsp3) is 0.0870. The Balaban J connectivity index is 1.47. The molecule has 0 aliphatic heterocycles. The maximum atomic E-state index is 12.4. The van der Waals surface area contributed by atoms with Crippen molar-refractivity contribution >= 4 is 28.9 Å². The molecule has 11 nitrogen and oxygen atoms in total. The lowest BCUT2D eigenvalue weighted by molar-refractivity contribution is 0.262. The average molecular weight is 456 g/mol. The number of anilines is 3. The molecule has 0 bridgehead atoms. The van der Waals surface area contributed by atoms with Crippen molar-refractivity contribution in [3.8, 4) is 22.6 Å². The number of oxazole rings is 1. The summed E-state index contributed by atoms with van der Waals surface area (Å²) in [5.41, 5.74) is 10.9. The van der Waals surface area contributed by atoms with Gasteiger partial charge in [0.15, 0.2) is 5.82 Å². The second kappa shape index (κ2) is 8.64. The highest BCUT2D eigenvalue weighted by molar-refractivity contribution is 6.00. The number of amides is 2. The summed E-state index contributed by atoms with van der Waals surface area (Å²) in [6.45, 7) is 1.68. The number of benzene rings is 1. The van der Waals surface area contributed by atoms with Crippen LogP contribution in [0.5, 0.6) is 0 Å². The molecular weight excluding hydrogens is 436 g/mol. The lowest BCUT2D eigenvalue weighted by Gasteiger charge is -2.09. The number of rotatable bonds is 5. The van der Waals surface area contributed by atoms with Crippen LogP contribution in [0.1, 0.15) is 11.3 Å². The summed E-state index contributed by atoms with van der Waals surface area (Å²) in [6.07, 6.45) is 6.13. The van der Waals surface area contributed by atoms with Gasteiger partial charge in [0.1, 0.15) is 29.6 Å². The number of fused-ring (bicyclic) bond motifs is 1. The molecule has 4 aromatic heterocycles. The summed E-state index contributed by atoms with van der Waals surface area (Å²) in [7, 11) is 0. The van der Waals surface area contributed by atoms with Crippen molar-refractivity contribution in [2.24, 2.45) is 0 Å². The van der Waals surface area contributed by atoms with Gasteiger partial charge < -0.3 is 20.6 Å². The fourth-order valence-corrected chi connectivity index (χ4v) is 3.60. The van der Waals surface area contributed by atoms with E-state index in [4.69, 9.17) is 10.2 Å². The highest BCUT2D eigenvalue weighted by Crippen LogP contribution is 2.38. The van der Waals surface area contributed by atoms with Crippen molar-refractivity contribution in [3.05, 3.63) is 72.6 Å². The number of aliphatic hydroxyl groups is 1. The second-order valence-electron chi connectivity index (χ2n) is 7.53. The zero-order valence-electron chi connectivity index (χ0n) is 18.1. The van der Waals surface area contributed by atoms with E-state index in [2.05, 4.69) is 30.7 Å². The smallest absolute Gasteiger partial charge is 0.324 e. The third-order valence-corrected chi connectivity index (χ3v) is 5.13. The zero-order valence-corrected chi connectivity index (χ0v) is 18.1. The minimum Gasteiger partial charge on any atom is -0.444 e. The molecule has 5 rings (SSSR count). The highest BCUT2D eigenvalue weighted by atomic mass is 16.3. The number of carbonyl (C=O) groups excluding carboxylic acids is 1. The van der Waals surface area contributed by atoms with Crippen molar-refractivity contribution in [3.63, 3.8) is 0 Å². The van der Waals surface area contributed by atoms with E-state index < -0.39 is 6.03 Å². The molecule has 5 N–H and O–H groups in total. The molecule has 0 saturated heterocycles. The molecule has 0 fully saturated rings. The van der Waals surface area contributed by atoms with Crippen molar-refractivity contribution in [2.75, 3.05) is 16.4 Å². The van der Waals surface area contributed by atoms with E-state index in [0.29, 0.717) is 39.7 Å². The summed E-state index contributed by atoms with van der Waals surface area (Å²) in [5.74, 6) is 1.07. The standard InChI is InChI=1S/C23H20N8O3/c1-13-6-7-25-18(8-13)30-23(33)29-15-4-2-14(3-5-15)19-17(22-28-16(10-32)11-34-22)9-31-20(19)21(24)26-12-27-31/h2-9,11-12,32H,10H2,1H3,(H2,24,26,27)(H2,25,29,30,33). The molecule has 11 heteroatoms. The van der Waals surface area contributed by atoms with Gasteiger partial charge >= 0.3 is 6.03 Å². The number of nitrogens with two attached hydrogens (primary N) is 1. The SMILES string of the molecule is Cc1ccnc(NC(=O)Nc2ccc(-c3c(-c4nc(CO)co4)cn4ncnc(N)c34)cc2)c1. The van der Waals surface area contributed by atoms with Gasteiger partial charge in [0.25, 0.3) is 0 Å². The number of hydrogen-bond acceptors (Lipinski definition) is 8. The fourth-order valence-electron chi connectivity index (χ4n) is 3.60. The summed E-state index contributed by atoms with van der Waals surface area (Å²) >= 11 is 0. The van der Waals surface area contributed by atoms with E-state index in [9.17, 15) is 9.90 Å². The average Bonchev–Trinajstić information content (AvgIpc) is 3.45. The lowest BCUT2D eigenvalue weighted by atomic mass is 10.0. The van der Waals surface area contributed by atoms with Crippen LogP contribution in [0.3, 0.4) is 0 Å². The molecule has 0 unspecified atom stereocenters. The summed E-state index contributed by atoms with van der Waals surface area (Å²) in [6, 6.07) is 10.4. The number of nitrogens with one attached hydrogen (secondary N) is 2. The van der Waals surface area contributed by atoms with Crippen LogP contribution in [0.2, 0.25) is 0 Å². The van der Waals surface area contributed by atoms with Gasteiger partial charge in [-0.15, -0.1) is 0 Å². The van der Waals surface area contributed by atoms with E-state index >= 15 is 0 Å². The van der Waals surface area contributed by atoms with Gasteiger partial charge in [-0.2, -0.15) is 5.10 Å². The van der Waals surface area contributed by atoms with Crippen molar-refractivity contribution in [1.29, 1.82) is 0 Å². The molecule has 0 aliphatic rings. The number of aryl methyl sites for hydroxylation is 1. The Morgan fingerprint density at radius 2 is 2.00 bits per heavy atom. The van der Waals surface area contributed by atoms with E-state index in [1.807, 2.05) is 25.1 Å². The number of aromatic nitrogens is 5. The van der Waals surface area contributed by atoms with Crippen LogP contribution in [-0.2, 0) is 6.61 Å². The van der Waals surface area contributed by atoms with Gasteiger partial charge in [-0.3, -0.25) is 5.32 Å². The number of nitrogen functional groups attached to an aromatic ring is 1. The Bertz CT molecular complexity index is 1490. The van der Waals surface area contributed by atoms with Gasteiger partial charge in [0.05, 0.1) is 12.2 Å². The Kier molecular flexibility index (Phi) is 5.36. The molecule has 4 heterocycles. The minimum atomic E-state index is -0.408. The summed E-state index contributed by atoms with van der Waals surface area (Å²) < 4.78 is 7.17. The number of hydrogen-bond donors (Lipinski definition) is 4. The number of nitrogens with zero attached hydrogens (tertiary/aromatic N) is 5. The summed E-state index contributed by atoms with van der Waals surface area (Å²) in [4.78, 5) is 24.9. The molecule has 0 radical (unpaired) electrons. The van der Waals surface area contributed by atoms with Gasteiger partial charge in [-0.1, -0.05) is 12.1 Å². The Labute approximate surface area is 193 Å². The Morgan fingerprint density at radius 1 is 1.18 bits per heavy atom. The van der Waals surface area contributed by atoms with Crippen LogP contribution >= 0.6 is 0 Å². The number of pyridine rings is 1. The quantitative estimate of drug-likeness (QED) is 0.313. The van der Waals surface area contributed by atoms with E-state index in [1.165, 1.54) is 12.6 Å². The molecule has 1 aromatic carbocycles. The predicted octanol–water partition coefficient (Wildman–Crippen LogP) is 3.47. The van der Waals surface area contributed by atoms with Gasteiger partial charge in [-0.05, 0) is 42.3 Å². The van der Waals surface area contributed by atoms with Gasteiger partial charge in [-0.25, -0.2) is 24.3 Å². The molecular formula is C23H20N8O3. The second-order valence-corrected chi connectivity index (χ2v) is 7.53. The molecule has 5 aromatic rings. The maximum Gasteiger partial charge on any atom is 0.324 e. The monoisotopic (exact) mass is 456 g/mol. The topological polar surface area (TPSA) is 156 Å². The van der Waals surface area contributed by atoms with Gasteiger partial charge in [0, 0.05) is 23.6 Å². The predicted molar refractivity (Wildman–Crippen MR) is 126 cm³/mol. The third-order valence-electron chi connectivity index (χ3n) is 5.13. The highest BCUT2D eigenvalue weighted by Gasteiger charge is 2.21. The largest absolute Gasteiger partial charge is 0.444 e. The van der Waals surface area contributed by atoms with Crippen LogP contribution in [0.15, 0.2) is 65.8 Å². The van der Waals surface area contributed by atoms with Crippen LogP contribution in [0.4, 0.5) is 22.1 Å². The number of aliphatic hydroxyl groups excluding tert-OH is 1. The van der Waals surface area contributed by atoms with E-state index in [0.717, 1.165) is 11.1 Å². The Hall–Kier alpha value is -4.77. The van der Waals surface area contributed by atoms with Crippen molar-refractivity contribution < 1.29 is 14.3 Å².